The van der Waals surface area contributed by atoms with Crippen molar-refractivity contribution in [1.82, 2.24) is 4.72 Å². The van der Waals surface area contributed by atoms with Crippen molar-refractivity contribution in [2.75, 3.05) is 0 Å². The summed E-state index contributed by atoms with van der Waals surface area (Å²) in [6.45, 7) is 1.83. The Morgan fingerprint density at radius 3 is 2.70 bits per heavy atom. The molecule has 1 atom stereocenters. The van der Waals surface area contributed by atoms with Gasteiger partial charge in [0.05, 0.1) is 10.5 Å². The van der Waals surface area contributed by atoms with Gasteiger partial charge in [0.25, 0.3) is 0 Å². The number of nitrogens with one attached hydrogen (secondary N) is 1. The molecule has 0 radical (unpaired) electrons. The fourth-order valence-corrected chi connectivity index (χ4v) is 3.77. The molecule has 1 aliphatic carbocycles. The van der Waals surface area contributed by atoms with Gasteiger partial charge in [0.2, 0.25) is 10.0 Å². The lowest BCUT2D eigenvalue weighted by Crippen LogP contribution is -2.33. The highest BCUT2D eigenvalue weighted by Crippen LogP contribution is 2.33. The predicted molar refractivity (Wildman–Crippen MR) is 78.2 cm³/mol. The maximum Gasteiger partial charge on any atom is 0.336 e. The quantitative estimate of drug-likeness (QED) is 0.815. The van der Waals surface area contributed by atoms with Crippen LogP contribution in [0.1, 0.15) is 36.5 Å². The van der Waals surface area contributed by atoms with Gasteiger partial charge in [-0.1, -0.05) is 12.8 Å². The molecule has 1 saturated carbocycles. The zero-order valence-corrected chi connectivity index (χ0v) is 13.4. The minimum atomic E-state index is -3.68. The van der Waals surface area contributed by atoms with E-state index in [4.69, 9.17) is 5.11 Å². The number of benzene rings is 1. The normalized spacial score (nSPS) is 16.9. The van der Waals surface area contributed by atoms with E-state index < -0.39 is 16.0 Å². The zero-order valence-electron chi connectivity index (χ0n) is 11.0. The first-order valence-electron chi connectivity index (χ1n) is 6.35. The van der Waals surface area contributed by atoms with Gasteiger partial charge in [0.1, 0.15) is 0 Å². The molecule has 5 nitrogen and oxygen atoms in total. The van der Waals surface area contributed by atoms with Crippen LogP contribution < -0.4 is 4.72 Å². The number of carboxylic acid groups (broad SMARTS) is 1. The molecule has 0 spiro atoms. The molecule has 1 unspecified atom stereocenters. The minimum absolute atomic E-state index is 0.0271. The summed E-state index contributed by atoms with van der Waals surface area (Å²) in [7, 11) is -3.68. The Bertz CT molecular complexity index is 625. The fraction of sp³-hybridized carbons (Fsp3) is 0.462. The van der Waals surface area contributed by atoms with E-state index in [0.29, 0.717) is 10.4 Å². The minimum Gasteiger partial charge on any atom is -0.478 e. The molecule has 2 N–H and O–H groups in total. The molecule has 1 aromatic carbocycles. The molecule has 0 bridgehead atoms. The van der Waals surface area contributed by atoms with Crippen molar-refractivity contribution in [2.45, 2.75) is 37.1 Å². The third-order valence-electron chi connectivity index (χ3n) is 3.22. The van der Waals surface area contributed by atoms with Crippen molar-refractivity contribution in [1.29, 1.82) is 0 Å². The van der Waals surface area contributed by atoms with Gasteiger partial charge in [0, 0.05) is 10.5 Å². The van der Waals surface area contributed by atoms with Gasteiger partial charge < -0.3 is 5.11 Å². The van der Waals surface area contributed by atoms with Crippen LogP contribution in [-0.4, -0.2) is 25.5 Å². The summed E-state index contributed by atoms with van der Waals surface area (Å²) < 4.78 is 27.4. The number of halogens is 1. The average Bonchev–Trinajstić information content (AvgIpc) is 3.11. The van der Waals surface area contributed by atoms with Gasteiger partial charge in [0.15, 0.2) is 0 Å². The highest BCUT2D eigenvalue weighted by atomic mass is 79.9. The van der Waals surface area contributed by atoms with Crippen LogP contribution in [0.4, 0.5) is 0 Å². The molecule has 1 fully saturated rings. The van der Waals surface area contributed by atoms with Crippen LogP contribution in [0.25, 0.3) is 0 Å². The predicted octanol–water partition coefficient (Wildman–Crippen LogP) is 2.61. The second-order valence-electron chi connectivity index (χ2n) is 5.15. The standard InChI is InChI=1S/C13H16BrNO4S/c1-8(6-9-2-3-9)15-20(18,19)10-4-5-12(14)11(7-10)13(16)17/h4-5,7-9,15H,2-3,6H2,1H3,(H,16,17). The van der Waals surface area contributed by atoms with E-state index in [9.17, 15) is 13.2 Å². The Balaban J connectivity index is 2.19. The first-order valence-corrected chi connectivity index (χ1v) is 8.62. The third-order valence-corrected chi connectivity index (χ3v) is 5.50. The summed E-state index contributed by atoms with van der Waals surface area (Å²) in [6.07, 6.45) is 3.14. The van der Waals surface area contributed by atoms with Crippen LogP contribution >= 0.6 is 15.9 Å². The monoisotopic (exact) mass is 361 g/mol. The Morgan fingerprint density at radius 1 is 1.50 bits per heavy atom. The summed E-state index contributed by atoms with van der Waals surface area (Å²) in [4.78, 5) is 11.0. The van der Waals surface area contributed by atoms with Crippen LogP contribution in [-0.2, 0) is 10.0 Å². The van der Waals surface area contributed by atoms with Crippen molar-refractivity contribution in [2.24, 2.45) is 5.92 Å². The van der Waals surface area contributed by atoms with E-state index in [-0.39, 0.29) is 16.5 Å². The summed E-state index contributed by atoms with van der Waals surface area (Å²) >= 11 is 3.09. The second-order valence-corrected chi connectivity index (χ2v) is 7.72. The lowest BCUT2D eigenvalue weighted by molar-refractivity contribution is 0.0695. The average molecular weight is 362 g/mol. The van der Waals surface area contributed by atoms with Crippen molar-refractivity contribution in [3.63, 3.8) is 0 Å². The van der Waals surface area contributed by atoms with Crippen LogP contribution in [0.15, 0.2) is 27.6 Å². The summed E-state index contributed by atoms with van der Waals surface area (Å²) in [5.74, 6) is -0.549. The van der Waals surface area contributed by atoms with Gasteiger partial charge in [-0.2, -0.15) is 0 Å². The first kappa shape index (κ1) is 15.5. The molecule has 1 aromatic rings. The van der Waals surface area contributed by atoms with Crippen LogP contribution in [0.3, 0.4) is 0 Å². The van der Waals surface area contributed by atoms with E-state index in [1.807, 2.05) is 6.92 Å². The van der Waals surface area contributed by atoms with Crippen molar-refractivity contribution < 1.29 is 18.3 Å². The molecule has 7 heteroatoms. The molecule has 1 aliphatic rings. The molecule has 2 rings (SSSR count). The summed E-state index contributed by atoms with van der Waals surface area (Å²) in [5.41, 5.74) is -0.0669. The molecule has 0 saturated heterocycles. The Kier molecular flexibility index (Phi) is 4.51. The molecular formula is C13H16BrNO4S. The molecule has 110 valence electrons. The van der Waals surface area contributed by atoms with Gasteiger partial charge in [-0.3, -0.25) is 0 Å². The third kappa shape index (κ3) is 3.80. The van der Waals surface area contributed by atoms with Crippen LogP contribution in [0, 0.1) is 5.92 Å². The van der Waals surface area contributed by atoms with Gasteiger partial charge >= 0.3 is 5.97 Å². The van der Waals surface area contributed by atoms with Crippen molar-refractivity contribution in [3.8, 4) is 0 Å². The largest absolute Gasteiger partial charge is 0.478 e. The Hall–Kier alpha value is -0.920. The summed E-state index contributed by atoms with van der Waals surface area (Å²) in [5, 5.41) is 9.02. The maximum absolute atomic E-state index is 12.2. The van der Waals surface area contributed by atoms with E-state index in [2.05, 4.69) is 20.7 Å². The van der Waals surface area contributed by atoms with Crippen molar-refractivity contribution >= 4 is 31.9 Å². The Morgan fingerprint density at radius 2 is 2.15 bits per heavy atom. The molecule has 0 heterocycles. The number of carbonyl (C=O) groups is 1. The molecule has 0 aliphatic heterocycles. The smallest absolute Gasteiger partial charge is 0.336 e. The zero-order chi connectivity index (χ0) is 14.9. The van der Waals surface area contributed by atoms with E-state index in [1.54, 1.807) is 0 Å². The summed E-state index contributed by atoms with van der Waals surface area (Å²) in [6, 6.07) is 3.84. The van der Waals surface area contributed by atoms with Gasteiger partial charge in [-0.15, -0.1) is 0 Å². The number of hydrogen-bond donors (Lipinski definition) is 2. The number of aromatic carboxylic acids is 1. The van der Waals surface area contributed by atoms with Gasteiger partial charge in [-0.05, 0) is 53.4 Å². The second kappa shape index (κ2) is 5.83. The molecule has 20 heavy (non-hydrogen) atoms. The van der Waals surface area contributed by atoms with Crippen molar-refractivity contribution in [3.05, 3.63) is 28.2 Å². The number of rotatable bonds is 6. The van der Waals surface area contributed by atoms with Crippen LogP contribution in [0.5, 0.6) is 0 Å². The van der Waals surface area contributed by atoms with E-state index >= 15 is 0 Å². The fourth-order valence-electron chi connectivity index (χ4n) is 2.07. The molecular weight excluding hydrogens is 346 g/mol. The maximum atomic E-state index is 12.2. The highest BCUT2D eigenvalue weighted by Gasteiger charge is 2.26. The van der Waals surface area contributed by atoms with E-state index in [0.717, 1.165) is 19.3 Å². The number of sulfonamides is 1. The molecule has 0 aromatic heterocycles. The van der Waals surface area contributed by atoms with Crippen LogP contribution in [0.2, 0.25) is 0 Å². The Labute approximate surface area is 126 Å². The number of hydrogen-bond acceptors (Lipinski definition) is 3. The van der Waals surface area contributed by atoms with Gasteiger partial charge in [-0.25, -0.2) is 17.9 Å². The highest BCUT2D eigenvalue weighted by molar-refractivity contribution is 9.10. The SMILES string of the molecule is CC(CC1CC1)NS(=O)(=O)c1ccc(Br)c(C(=O)O)c1. The topological polar surface area (TPSA) is 83.5 Å². The number of carboxylic acids is 1. The first-order chi connectivity index (χ1) is 9.29. The lowest BCUT2D eigenvalue weighted by Gasteiger charge is -2.14. The molecule has 0 amide bonds. The van der Waals surface area contributed by atoms with E-state index in [1.165, 1.54) is 18.2 Å². The lowest BCUT2D eigenvalue weighted by atomic mass is 10.2.